The number of halogens is 1. The van der Waals surface area contributed by atoms with Gasteiger partial charge >= 0.3 is 0 Å². The van der Waals surface area contributed by atoms with E-state index in [9.17, 15) is 10.1 Å². The van der Waals surface area contributed by atoms with Crippen molar-refractivity contribution in [3.63, 3.8) is 0 Å². The van der Waals surface area contributed by atoms with E-state index in [2.05, 4.69) is 15.9 Å². The monoisotopic (exact) mass is 308 g/mol. The molecule has 1 aromatic rings. The minimum atomic E-state index is -0.343. The lowest BCUT2D eigenvalue weighted by atomic mass is 9.98. The Balaban J connectivity index is 2.52. The summed E-state index contributed by atoms with van der Waals surface area (Å²) in [6.07, 6.45) is 4.00. The van der Waals surface area contributed by atoms with E-state index in [1.165, 1.54) is 6.07 Å². The molecule has 4 nitrogen and oxygen atoms in total. The maximum atomic E-state index is 10.9. The number of nitrogens with zero attached hydrogens (tertiary/aromatic N) is 2. The molecule has 0 N–H and O–H groups in total. The van der Waals surface area contributed by atoms with Crippen LogP contribution < -0.4 is 0 Å². The molecule has 0 bridgehead atoms. The second-order valence-electron chi connectivity index (χ2n) is 4.30. The fourth-order valence-electron chi connectivity index (χ4n) is 2.05. The number of benzene rings is 1. The highest BCUT2D eigenvalue weighted by atomic mass is 79.9. The first kappa shape index (κ1) is 12.8. The molecule has 0 unspecified atom stereocenters. The summed E-state index contributed by atoms with van der Waals surface area (Å²) in [5.41, 5.74) is 2.73. The van der Waals surface area contributed by atoms with Crippen LogP contribution in [0.15, 0.2) is 35.0 Å². The molecular weight excluding hydrogens is 296 g/mol. The predicted octanol–water partition coefficient (Wildman–Crippen LogP) is 3.47. The molecule has 1 aliphatic rings. The van der Waals surface area contributed by atoms with Gasteiger partial charge in [0.25, 0.3) is 5.69 Å². The van der Waals surface area contributed by atoms with E-state index >= 15 is 0 Å². The maximum Gasteiger partial charge on any atom is 0.272 e. The van der Waals surface area contributed by atoms with Gasteiger partial charge < -0.3 is 4.90 Å². The highest BCUT2D eigenvalue weighted by Crippen LogP contribution is 2.31. The maximum absolute atomic E-state index is 10.9. The molecule has 94 valence electrons. The minimum Gasteiger partial charge on any atom is -0.375 e. The number of hydrogen-bond donors (Lipinski definition) is 0. The molecule has 0 spiro atoms. The molecule has 18 heavy (non-hydrogen) atoms. The Morgan fingerprint density at radius 3 is 2.78 bits per heavy atom. The first-order chi connectivity index (χ1) is 8.49. The second-order valence-corrected chi connectivity index (χ2v) is 5.32. The number of hydrogen-bond acceptors (Lipinski definition) is 3. The quantitative estimate of drug-likeness (QED) is 0.621. The van der Waals surface area contributed by atoms with Gasteiger partial charge in [-0.1, -0.05) is 28.1 Å². The zero-order valence-electron chi connectivity index (χ0n) is 10.2. The zero-order chi connectivity index (χ0) is 13.3. The van der Waals surface area contributed by atoms with Gasteiger partial charge in [-0.2, -0.15) is 0 Å². The molecular formula is C13H13BrN2O2. The molecule has 5 heteroatoms. The molecule has 0 radical (unpaired) electrons. The number of nitro groups is 1. The van der Waals surface area contributed by atoms with Gasteiger partial charge in [0.2, 0.25) is 0 Å². The Labute approximate surface area is 114 Å². The van der Waals surface area contributed by atoms with E-state index in [4.69, 9.17) is 0 Å². The van der Waals surface area contributed by atoms with Crippen LogP contribution >= 0.6 is 15.9 Å². The first-order valence-corrected chi connectivity index (χ1v) is 6.31. The highest BCUT2D eigenvalue weighted by Gasteiger charge is 2.17. The van der Waals surface area contributed by atoms with Crippen molar-refractivity contribution in [3.05, 3.63) is 56.2 Å². The molecule has 0 aliphatic carbocycles. The fraction of sp³-hybridized carbons (Fsp3) is 0.231. The molecule has 0 saturated carbocycles. The van der Waals surface area contributed by atoms with Crippen LogP contribution in [0.25, 0.3) is 5.57 Å². The van der Waals surface area contributed by atoms with Crippen molar-refractivity contribution < 1.29 is 4.92 Å². The lowest BCUT2D eigenvalue weighted by molar-refractivity contribution is -0.385. The van der Waals surface area contributed by atoms with Crippen LogP contribution in [0.5, 0.6) is 0 Å². The summed E-state index contributed by atoms with van der Waals surface area (Å²) >= 11 is 3.48. The fourth-order valence-corrected chi connectivity index (χ4v) is 2.70. The number of allylic oxidation sites excluding steroid dienone is 2. The third-order valence-electron chi connectivity index (χ3n) is 2.88. The van der Waals surface area contributed by atoms with Crippen molar-refractivity contribution in [2.24, 2.45) is 0 Å². The molecule has 2 rings (SSSR count). The summed E-state index contributed by atoms with van der Waals surface area (Å²) < 4.78 is 1.06. The SMILES string of the molecule is Cc1c(C2=CN(C)CC(Br)=C2)cccc1[N+](=O)[O-]. The van der Waals surface area contributed by atoms with Crippen molar-refractivity contribution in [1.82, 2.24) is 4.90 Å². The normalized spacial score (nSPS) is 15.2. The first-order valence-electron chi connectivity index (χ1n) is 5.51. The third kappa shape index (κ3) is 2.46. The van der Waals surface area contributed by atoms with Gasteiger partial charge in [-0.3, -0.25) is 10.1 Å². The molecule has 0 atom stereocenters. The number of rotatable bonds is 2. The molecule has 0 aromatic heterocycles. The van der Waals surface area contributed by atoms with Crippen LogP contribution in [0.4, 0.5) is 5.69 Å². The van der Waals surface area contributed by atoms with E-state index in [1.807, 2.05) is 30.3 Å². The summed E-state index contributed by atoms with van der Waals surface area (Å²) in [4.78, 5) is 12.6. The van der Waals surface area contributed by atoms with Crippen molar-refractivity contribution in [1.29, 1.82) is 0 Å². The van der Waals surface area contributed by atoms with Crippen LogP contribution in [0.2, 0.25) is 0 Å². The summed E-state index contributed by atoms with van der Waals surface area (Å²) in [5, 5.41) is 10.9. The lowest BCUT2D eigenvalue weighted by Gasteiger charge is -2.21. The van der Waals surface area contributed by atoms with Crippen molar-refractivity contribution in [2.75, 3.05) is 13.6 Å². The molecule has 0 saturated heterocycles. The Bertz CT molecular complexity index is 564. The average Bonchev–Trinajstić information content (AvgIpc) is 2.27. The molecule has 0 fully saturated rings. The van der Waals surface area contributed by atoms with Gasteiger partial charge in [0.05, 0.1) is 4.92 Å². The summed E-state index contributed by atoms with van der Waals surface area (Å²) in [6, 6.07) is 5.16. The highest BCUT2D eigenvalue weighted by molar-refractivity contribution is 9.11. The molecule has 1 aliphatic heterocycles. The van der Waals surface area contributed by atoms with Crippen molar-refractivity contribution >= 4 is 27.2 Å². The second kappa shape index (κ2) is 4.94. The number of likely N-dealkylation sites (N-methyl/N-ethyl adjacent to an activating group) is 1. The Kier molecular flexibility index (Phi) is 3.52. The molecule has 0 amide bonds. The van der Waals surface area contributed by atoms with Crippen LogP contribution in [0.3, 0.4) is 0 Å². The lowest BCUT2D eigenvalue weighted by Crippen LogP contribution is -2.16. The van der Waals surface area contributed by atoms with E-state index in [0.29, 0.717) is 5.56 Å². The van der Waals surface area contributed by atoms with Gasteiger partial charge in [-0.05, 0) is 24.1 Å². The van der Waals surface area contributed by atoms with E-state index < -0.39 is 0 Å². The van der Waals surface area contributed by atoms with Gasteiger partial charge in [0.1, 0.15) is 0 Å². The van der Waals surface area contributed by atoms with Crippen LogP contribution in [-0.2, 0) is 0 Å². The van der Waals surface area contributed by atoms with Crippen LogP contribution in [0.1, 0.15) is 11.1 Å². The summed E-state index contributed by atoms with van der Waals surface area (Å²) in [5.74, 6) is 0. The smallest absolute Gasteiger partial charge is 0.272 e. The minimum absolute atomic E-state index is 0.158. The standard InChI is InChI=1S/C13H13BrN2O2/c1-9-12(4-3-5-13(9)16(17)18)10-6-11(14)8-15(2)7-10/h3-7H,8H2,1-2H3. The Morgan fingerprint density at radius 1 is 1.44 bits per heavy atom. The van der Waals surface area contributed by atoms with E-state index in [0.717, 1.165) is 22.2 Å². The zero-order valence-corrected chi connectivity index (χ0v) is 11.8. The van der Waals surface area contributed by atoms with Crippen molar-refractivity contribution in [2.45, 2.75) is 6.92 Å². The van der Waals surface area contributed by atoms with Gasteiger partial charge in [0.15, 0.2) is 0 Å². The Hall–Kier alpha value is -1.62. The van der Waals surface area contributed by atoms with Crippen molar-refractivity contribution in [3.8, 4) is 0 Å². The third-order valence-corrected chi connectivity index (χ3v) is 3.36. The predicted molar refractivity (Wildman–Crippen MR) is 75.5 cm³/mol. The van der Waals surface area contributed by atoms with Gasteiger partial charge in [-0.15, -0.1) is 0 Å². The van der Waals surface area contributed by atoms with Gasteiger partial charge in [-0.25, -0.2) is 0 Å². The molecule has 1 heterocycles. The van der Waals surface area contributed by atoms with E-state index in [1.54, 1.807) is 13.0 Å². The largest absolute Gasteiger partial charge is 0.375 e. The van der Waals surface area contributed by atoms with E-state index in [-0.39, 0.29) is 10.6 Å². The Morgan fingerprint density at radius 2 is 2.17 bits per heavy atom. The molecule has 1 aromatic carbocycles. The van der Waals surface area contributed by atoms with Crippen LogP contribution in [0, 0.1) is 17.0 Å². The average molecular weight is 309 g/mol. The summed E-state index contributed by atoms with van der Waals surface area (Å²) in [6.45, 7) is 2.60. The number of nitro benzene ring substituents is 1. The summed E-state index contributed by atoms with van der Waals surface area (Å²) in [7, 11) is 1.97. The van der Waals surface area contributed by atoms with Crippen LogP contribution in [-0.4, -0.2) is 23.4 Å². The van der Waals surface area contributed by atoms with Gasteiger partial charge in [0, 0.05) is 35.9 Å². The topological polar surface area (TPSA) is 46.4 Å².